The van der Waals surface area contributed by atoms with Gasteiger partial charge in [-0.05, 0) is 74.9 Å². The molecular weight excluding hydrogens is 499 g/mol. The molecule has 1 rings (SSSR count). The van der Waals surface area contributed by atoms with Crippen LogP contribution in [0, 0.1) is 41.5 Å². The fraction of sp³-hybridized carbons (Fsp3) is 0.500. The van der Waals surface area contributed by atoms with Gasteiger partial charge >= 0.3 is 49.6 Å². The van der Waals surface area contributed by atoms with E-state index < -0.39 is 0 Å². The maximum atomic E-state index is 2.37. The molecule has 1 aromatic carbocycles. The van der Waals surface area contributed by atoms with E-state index in [1.54, 1.807) is 0 Å². The molecule has 0 N–H and O–H groups in total. The molecule has 0 aromatic heterocycles. The molecule has 0 amide bonds. The third-order valence-corrected chi connectivity index (χ3v) is 3.38. The Kier molecular flexibility index (Phi) is 8.25. The van der Waals surface area contributed by atoms with Gasteiger partial charge in [0.05, 0.1) is 0 Å². The summed E-state index contributed by atoms with van der Waals surface area (Å²) in [6, 6.07) is 0. The molecule has 0 aliphatic rings. The normalized spacial score (nSPS) is 9.87. The van der Waals surface area contributed by atoms with Crippen molar-refractivity contribution in [2.24, 2.45) is 0 Å². The standard InChI is InChI=1S/C12H18.2HI.Ru/c1-7-8(2)10(4)12(6)11(5)9(7)3;;;/h1-6H3;2*1H;/q;;;+2/p-2. The van der Waals surface area contributed by atoms with Crippen LogP contribution in [0.15, 0.2) is 0 Å². The Hall–Kier alpha value is 1.30. The SMILES string of the molecule is Cc1c(C)c(C)c(C)c(C)c1C.[I][Ru][I]. The second-order valence-electron chi connectivity index (χ2n) is 3.80. The molecule has 0 aliphatic heterocycles. The topological polar surface area (TPSA) is 0 Å². The van der Waals surface area contributed by atoms with Crippen LogP contribution in [-0.4, -0.2) is 0 Å². The van der Waals surface area contributed by atoms with Crippen LogP contribution in [0.5, 0.6) is 0 Å². The van der Waals surface area contributed by atoms with E-state index in [1.165, 1.54) is 33.4 Å². The van der Waals surface area contributed by atoms with Crippen molar-refractivity contribution in [3.05, 3.63) is 33.4 Å². The van der Waals surface area contributed by atoms with Gasteiger partial charge in [-0.3, -0.25) is 0 Å². The van der Waals surface area contributed by atoms with Crippen molar-refractivity contribution in [1.29, 1.82) is 0 Å². The number of hydrogen-bond donors (Lipinski definition) is 0. The van der Waals surface area contributed by atoms with Crippen molar-refractivity contribution in [3.63, 3.8) is 0 Å². The van der Waals surface area contributed by atoms with Gasteiger partial charge < -0.3 is 0 Å². The van der Waals surface area contributed by atoms with Gasteiger partial charge in [-0.2, -0.15) is 0 Å². The van der Waals surface area contributed by atoms with E-state index in [0.717, 1.165) is 0 Å². The molecule has 15 heavy (non-hydrogen) atoms. The summed E-state index contributed by atoms with van der Waals surface area (Å²) in [5.74, 6) is 0. The molecule has 0 radical (unpaired) electrons. The minimum absolute atomic E-state index is 0.650. The molecule has 3 heteroatoms. The third-order valence-electron chi connectivity index (χ3n) is 3.38. The molecule has 88 valence electrons. The summed E-state index contributed by atoms with van der Waals surface area (Å²) in [5.41, 5.74) is 8.73. The Morgan fingerprint density at radius 3 is 0.667 bits per heavy atom. The van der Waals surface area contributed by atoms with Crippen LogP contribution < -0.4 is 0 Å². The van der Waals surface area contributed by atoms with Crippen LogP contribution in [-0.2, 0) is 10.1 Å². The van der Waals surface area contributed by atoms with Crippen molar-refractivity contribution in [2.75, 3.05) is 0 Å². The van der Waals surface area contributed by atoms with E-state index in [2.05, 4.69) is 81.0 Å². The van der Waals surface area contributed by atoms with E-state index >= 15 is 0 Å². The van der Waals surface area contributed by atoms with Crippen molar-refractivity contribution in [1.82, 2.24) is 0 Å². The summed E-state index contributed by atoms with van der Waals surface area (Å²) in [4.78, 5) is 0. The zero-order chi connectivity index (χ0) is 12.2. The first-order chi connectivity index (χ1) is 6.88. The molecule has 0 aliphatic carbocycles. The van der Waals surface area contributed by atoms with Gasteiger partial charge in [0.2, 0.25) is 0 Å². The van der Waals surface area contributed by atoms with Crippen molar-refractivity contribution >= 4 is 39.5 Å². The fourth-order valence-corrected chi connectivity index (χ4v) is 1.69. The van der Waals surface area contributed by atoms with E-state index in [1.807, 2.05) is 0 Å². The van der Waals surface area contributed by atoms with Gasteiger partial charge in [0.15, 0.2) is 0 Å². The summed E-state index contributed by atoms with van der Waals surface area (Å²) >= 11 is 4.73. The summed E-state index contributed by atoms with van der Waals surface area (Å²) in [7, 11) is 0.650. The van der Waals surface area contributed by atoms with Crippen LogP contribution in [0.2, 0.25) is 0 Å². The predicted molar refractivity (Wildman–Crippen MR) is 82.9 cm³/mol. The number of hydrogen-bond acceptors (Lipinski definition) is 0. The predicted octanol–water partition coefficient (Wildman–Crippen LogP) is 5.31. The van der Waals surface area contributed by atoms with Gasteiger partial charge in [-0.25, -0.2) is 0 Å². The zero-order valence-electron chi connectivity index (χ0n) is 10.1. The van der Waals surface area contributed by atoms with Crippen LogP contribution >= 0.6 is 39.5 Å². The Bertz CT molecular complexity index is 241. The van der Waals surface area contributed by atoms with Crippen molar-refractivity contribution in [3.8, 4) is 0 Å². The Balaban J connectivity index is 0.000000583. The molecule has 1 aromatic rings. The molecule has 0 nitrogen and oxygen atoms in total. The van der Waals surface area contributed by atoms with Gasteiger partial charge in [0.1, 0.15) is 0 Å². The summed E-state index contributed by atoms with van der Waals surface area (Å²) in [6.07, 6.45) is 0. The first-order valence-corrected chi connectivity index (χ1v) is 15.1. The maximum absolute atomic E-state index is 2.37. The average Bonchev–Trinajstić information content (AvgIpc) is 2.22. The molecule has 0 atom stereocenters. The Morgan fingerprint density at radius 2 is 0.600 bits per heavy atom. The van der Waals surface area contributed by atoms with Gasteiger partial charge in [0, 0.05) is 0 Å². The van der Waals surface area contributed by atoms with E-state index in [9.17, 15) is 0 Å². The first kappa shape index (κ1) is 16.3. The van der Waals surface area contributed by atoms with Crippen LogP contribution in [0.3, 0.4) is 0 Å². The minimum atomic E-state index is 0.650. The van der Waals surface area contributed by atoms with Crippen LogP contribution in [0.25, 0.3) is 0 Å². The third kappa shape index (κ3) is 4.23. The van der Waals surface area contributed by atoms with E-state index in [-0.39, 0.29) is 0 Å². The Morgan fingerprint density at radius 1 is 0.533 bits per heavy atom. The molecule has 0 saturated heterocycles. The van der Waals surface area contributed by atoms with Gasteiger partial charge in [-0.1, -0.05) is 0 Å². The van der Waals surface area contributed by atoms with Crippen LogP contribution in [0.1, 0.15) is 33.4 Å². The number of rotatable bonds is 0. The fourth-order valence-electron chi connectivity index (χ4n) is 1.69. The summed E-state index contributed by atoms with van der Waals surface area (Å²) in [5, 5.41) is 0. The zero-order valence-corrected chi connectivity index (χ0v) is 16.2. The van der Waals surface area contributed by atoms with E-state index in [0.29, 0.717) is 10.1 Å². The molecule has 0 spiro atoms. The molecule has 0 fully saturated rings. The van der Waals surface area contributed by atoms with Crippen molar-refractivity contribution < 1.29 is 10.1 Å². The number of halogens is 2. The quantitative estimate of drug-likeness (QED) is 0.324. The van der Waals surface area contributed by atoms with Crippen molar-refractivity contribution in [2.45, 2.75) is 41.5 Å². The molecular formula is C12H18I2Ru. The second-order valence-corrected chi connectivity index (χ2v) is 17.2. The summed E-state index contributed by atoms with van der Waals surface area (Å²) in [6.45, 7) is 13.3. The summed E-state index contributed by atoms with van der Waals surface area (Å²) < 4.78 is 0. The number of benzene rings is 1. The average molecular weight is 517 g/mol. The van der Waals surface area contributed by atoms with Gasteiger partial charge in [-0.15, -0.1) is 0 Å². The molecule has 0 bridgehead atoms. The molecule has 0 heterocycles. The van der Waals surface area contributed by atoms with E-state index in [4.69, 9.17) is 0 Å². The Labute approximate surface area is 123 Å². The van der Waals surface area contributed by atoms with Crippen LogP contribution in [0.4, 0.5) is 0 Å². The first-order valence-electron chi connectivity index (χ1n) is 4.77. The second kappa shape index (κ2) is 7.60. The molecule has 0 unspecified atom stereocenters. The monoisotopic (exact) mass is 518 g/mol. The molecule has 0 saturated carbocycles. The van der Waals surface area contributed by atoms with Gasteiger partial charge in [0.25, 0.3) is 0 Å².